The number of hydrogen-bond acceptors (Lipinski definition) is 21. The quantitative estimate of drug-likeness (QED) is 0.0826. The van der Waals surface area contributed by atoms with Crippen molar-refractivity contribution in [2.75, 3.05) is 26.4 Å². The van der Waals surface area contributed by atoms with Gasteiger partial charge in [-0.05, 0) is 290 Å². The number of aliphatic hydroxyl groups is 3. The zero-order chi connectivity index (χ0) is 103. The van der Waals surface area contributed by atoms with Gasteiger partial charge in [0.1, 0.15) is 30.0 Å². The van der Waals surface area contributed by atoms with E-state index in [0.29, 0.717) is 141 Å². The number of fused-ring (bicyclic) bond motifs is 25. The van der Waals surface area contributed by atoms with E-state index in [1.165, 1.54) is 83.4 Å². The van der Waals surface area contributed by atoms with Crippen LogP contribution in [0.3, 0.4) is 0 Å². The van der Waals surface area contributed by atoms with Crippen LogP contribution in [0.25, 0.3) is 0 Å². The highest BCUT2D eigenvalue weighted by Crippen LogP contribution is 2.74. The summed E-state index contributed by atoms with van der Waals surface area (Å²) in [7, 11) is 0. The first-order chi connectivity index (χ1) is 66.0. The third kappa shape index (κ3) is 17.1. The molecular formula is C120H162O21. The van der Waals surface area contributed by atoms with Gasteiger partial charge in [0, 0.05) is 121 Å². The molecule has 0 saturated heterocycles. The molecule has 0 heterocycles. The number of hydrogen-bond donors (Lipinski definition) is 3. The van der Waals surface area contributed by atoms with Crippen LogP contribution in [-0.4, -0.2) is 140 Å². The lowest BCUT2D eigenvalue weighted by atomic mass is 9.48. The van der Waals surface area contributed by atoms with E-state index in [0.717, 1.165) is 128 Å². The van der Waals surface area contributed by atoms with E-state index < -0.39 is 51.5 Å². The Balaban J connectivity index is 0.000000127. The Labute approximate surface area is 836 Å². The SMILES string of the molecule is CC(=O)OCC(=O)[C@@]1(O)CCC2C3C[C@H](C)C4=CC(=O)CC[C@]4(C)C3=CC[C@@]21C.CC(=O)OCC(=O)[C@@]1(O)[C@H](C)CC2C3CCC4=CC(=O)CC[C@]4(C)C3=CC[C@@]21C.CC(=O)OCC(=O)[C@H]1[C@H](C)CC2C3CCC4=CC(=O)CC[C@]4(C)C3=CC[C@@]21C.CC(=O)OCC(=O)[C@H]1[C@H](C)CC2C3C[C@H](C)C4=CC(=O)CC[C@]4(C)C3=CC[C@@]21C.CCC(=O)[C@@]1(O)CCC2C3C[C@H](C)C4=CC(=O)CC[C@]4(C)C3=CC[C@@]21C. The Bertz CT molecular complexity index is 5560. The van der Waals surface area contributed by atoms with Crippen LogP contribution in [0.1, 0.15) is 338 Å². The van der Waals surface area contributed by atoms with E-state index in [9.17, 15) is 82.4 Å². The number of ketones is 10. The van der Waals surface area contributed by atoms with Gasteiger partial charge in [0.2, 0.25) is 11.6 Å². The van der Waals surface area contributed by atoms with E-state index in [-0.39, 0.29) is 157 Å². The van der Waals surface area contributed by atoms with Crippen molar-refractivity contribution in [2.45, 2.75) is 355 Å². The van der Waals surface area contributed by atoms with Crippen LogP contribution < -0.4 is 0 Å². The van der Waals surface area contributed by atoms with E-state index >= 15 is 0 Å². The van der Waals surface area contributed by atoms with Crippen LogP contribution in [0.2, 0.25) is 0 Å². The second-order valence-electron chi connectivity index (χ2n) is 50.5. The van der Waals surface area contributed by atoms with Gasteiger partial charge in [-0.2, -0.15) is 0 Å². The summed E-state index contributed by atoms with van der Waals surface area (Å²) in [6.07, 6.45) is 45.6. The van der Waals surface area contributed by atoms with Crippen molar-refractivity contribution in [3.8, 4) is 0 Å². The maximum Gasteiger partial charge on any atom is 0.303 e. The minimum atomic E-state index is -1.49. The standard InChI is InChI=1S/C25H34O4.2C24H32O5.C24H32O4.C23H32O3/c1-14-10-18-19(24(4)8-6-17(27)12-20(14)24)7-9-25(5)21(18)11-15(2)23(25)22(28)13-29-16(3)26;1-14-11-17-18(22(3)8-5-16(26)12-20(14)22)6-9-23(4)19(17)7-10-24(23,28)21(27)13-29-15(2)25;1-14-11-20-18-6-5-16-12-17(26)7-9-22(16,3)19(18)8-10-23(20,4)24(14,28)21(27)13-29-15(2)25;1-14-11-20-18-6-5-16-12-17(26)7-9-23(16,3)19(18)8-10-24(20,4)22(14)21(27)13-28-15(2)25;1-5-20(25)23(26)11-8-18-16-12-14(2)19-13-15(24)6-9-21(19,3)17(16)7-10-22(18,23)4/h7,12,14-15,18,21,23H,6,8-11,13H2,1-5H3;6,12,14,17,19,28H,5,7-11,13H2,1-4H3;8,12,14,18,20,28H,5-7,9-11,13H2,1-4H3;8,12,14,18,20,22H,5-7,9-11,13H2,1-4H3;7,13-14,16,18,26H,5-6,8-12H2,1-4H3/t14-,15+,18?,21?,23+,24+,25-;14-,17?,19?,22+,23-,24-;14-,18?,20?,22+,23+,24+;14-,18?,20?,22-,23+,24+;14-,16?,18?,21+,22-,23-/m00110/s1. The van der Waals surface area contributed by atoms with Gasteiger partial charge >= 0.3 is 23.9 Å². The molecule has 31 atom stereocenters. The van der Waals surface area contributed by atoms with Gasteiger partial charge in [0.25, 0.3) is 0 Å². The first-order valence-corrected chi connectivity index (χ1v) is 54.1. The lowest BCUT2D eigenvalue weighted by Gasteiger charge is -2.56. The van der Waals surface area contributed by atoms with Gasteiger partial charge < -0.3 is 34.3 Å². The molecule has 10 saturated carbocycles. The number of carbonyl (C=O) groups excluding carboxylic acids is 14. The Morgan fingerprint density at radius 2 is 0.624 bits per heavy atom. The highest BCUT2D eigenvalue weighted by atomic mass is 16.5. The molecule has 20 rings (SSSR count). The fraction of sp³-hybridized carbons (Fsp3) is 0.717. The molecule has 21 heteroatoms. The number of carbonyl (C=O) groups is 14. The highest BCUT2D eigenvalue weighted by molar-refractivity contribution is 5.97. The lowest BCUT2D eigenvalue weighted by molar-refractivity contribution is -0.167. The minimum Gasteiger partial charge on any atom is -0.458 e. The van der Waals surface area contributed by atoms with Crippen molar-refractivity contribution in [2.24, 2.45) is 161 Å². The van der Waals surface area contributed by atoms with Gasteiger partial charge in [0.15, 0.2) is 59.5 Å². The molecule has 0 amide bonds. The predicted molar refractivity (Wildman–Crippen MR) is 534 cm³/mol. The molecule has 0 aromatic heterocycles. The fourth-order valence-corrected chi connectivity index (χ4v) is 35.9. The summed E-state index contributed by atoms with van der Waals surface area (Å²) in [6.45, 7) is 41.6. The summed E-state index contributed by atoms with van der Waals surface area (Å²) < 4.78 is 20.0. The van der Waals surface area contributed by atoms with Gasteiger partial charge in [-0.3, -0.25) is 67.1 Å². The Kier molecular flexibility index (Phi) is 28.5. The Hall–Kier alpha value is -8.14. The van der Waals surface area contributed by atoms with Crippen LogP contribution in [0.15, 0.2) is 116 Å². The first kappa shape index (κ1) is 106. The van der Waals surface area contributed by atoms with E-state index in [2.05, 4.69) is 120 Å². The Morgan fingerprint density at radius 1 is 0.319 bits per heavy atom. The summed E-state index contributed by atoms with van der Waals surface area (Å²) in [5, 5.41) is 34.5. The number of ether oxygens (including phenoxy) is 4. The van der Waals surface area contributed by atoms with Crippen LogP contribution in [-0.2, 0) is 86.1 Å². The summed E-state index contributed by atoms with van der Waals surface area (Å²) in [4.78, 5) is 169. The van der Waals surface area contributed by atoms with Crippen molar-refractivity contribution in [3.63, 3.8) is 0 Å². The summed E-state index contributed by atoms with van der Waals surface area (Å²) in [5.41, 5.74) is 7.99. The monoisotopic (exact) mass is 1940 g/mol. The first-order valence-electron chi connectivity index (χ1n) is 54.1. The van der Waals surface area contributed by atoms with Crippen molar-refractivity contribution < 1.29 is 101 Å². The number of rotatable bonds is 14. The van der Waals surface area contributed by atoms with E-state index in [4.69, 9.17) is 18.9 Å². The van der Waals surface area contributed by atoms with E-state index in [1.54, 1.807) is 0 Å². The normalized spacial score (nSPS) is 43.9. The molecule has 768 valence electrons. The Morgan fingerprint density at radius 3 is 0.993 bits per heavy atom. The van der Waals surface area contributed by atoms with E-state index in [1.807, 2.05) is 58.1 Å². The lowest BCUT2D eigenvalue weighted by Crippen LogP contribution is -2.57. The molecule has 10 fully saturated rings. The average molecular weight is 1940 g/mol. The molecule has 20 aliphatic carbocycles. The van der Waals surface area contributed by atoms with Crippen LogP contribution in [0, 0.1) is 161 Å². The second kappa shape index (κ2) is 38.0. The van der Waals surface area contributed by atoms with Crippen molar-refractivity contribution >= 4 is 81.7 Å². The van der Waals surface area contributed by atoms with Crippen LogP contribution in [0.5, 0.6) is 0 Å². The van der Waals surface area contributed by atoms with Gasteiger partial charge in [-0.15, -0.1) is 0 Å². The molecule has 0 bridgehead atoms. The zero-order valence-electron chi connectivity index (χ0n) is 88.4. The molecule has 0 spiro atoms. The molecule has 10 unspecified atom stereocenters. The molecule has 141 heavy (non-hydrogen) atoms. The van der Waals surface area contributed by atoms with Crippen molar-refractivity contribution in [1.82, 2.24) is 0 Å². The number of allylic oxidation sites excluding steroid dienone is 20. The molecule has 3 N–H and O–H groups in total. The van der Waals surface area contributed by atoms with Crippen molar-refractivity contribution in [3.05, 3.63) is 116 Å². The highest BCUT2D eigenvalue weighted by Gasteiger charge is 2.71. The molecule has 0 radical (unpaired) electrons. The average Bonchev–Trinajstić information content (AvgIpc) is 1.60. The minimum absolute atomic E-state index is 0.000643. The maximum atomic E-state index is 13.0. The topological polar surface area (TPSA) is 337 Å². The molecule has 0 aliphatic heterocycles. The predicted octanol–water partition coefficient (Wildman–Crippen LogP) is 20.6. The third-order valence-corrected chi connectivity index (χ3v) is 43.2. The largest absolute Gasteiger partial charge is 0.458 e. The van der Waals surface area contributed by atoms with Gasteiger partial charge in [0.05, 0.1) is 0 Å². The third-order valence-electron chi connectivity index (χ3n) is 43.2. The molecular weight excluding hydrogens is 1780 g/mol. The smallest absolute Gasteiger partial charge is 0.303 e. The summed E-state index contributed by atoms with van der Waals surface area (Å²) >= 11 is 0. The number of esters is 4. The van der Waals surface area contributed by atoms with Crippen LogP contribution >= 0.6 is 0 Å². The summed E-state index contributed by atoms with van der Waals surface area (Å²) in [5.74, 6) is 4.12. The molecule has 20 aliphatic rings. The molecule has 0 aromatic carbocycles. The molecule has 0 aromatic rings. The second-order valence-corrected chi connectivity index (χ2v) is 50.5. The summed E-state index contributed by atoms with van der Waals surface area (Å²) in [6, 6.07) is 0. The fourth-order valence-electron chi connectivity index (χ4n) is 35.9. The number of Topliss-reactive ketones (excluding diaryl/α,β-unsaturated/α-hetero) is 5. The maximum absolute atomic E-state index is 13.0. The van der Waals surface area contributed by atoms with Crippen molar-refractivity contribution in [1.29, 1.82) is 0 Å². The van der Waals surface area contributed by atoms with Gasteiger partial charge in [-0.1, -0.05) is 204 Å². The molecule has 21 nitrogen and oxygen atoms in total. The zero-order valence-corrected chi connectivity index (χ0v) is 88.4. The van der Waals surface area contributed by atoms with Crippen LogP contribution in [0.4, 0.5) is 0 Å². The van der Waals surface area contributed by atoms with Gasteiger partial charge in [-0.25, -0.2) is 0 Å².